The second kappa shape index (κ2) is 4.63. The quantitative estimate of drug-likeness (QED) is 0.885. The van der Waals surface area contributed by atoms with Crippen LogP contribution in [-0.4, -0.2) is 32.6 Å². The maximum absolute atomic E-state index is 12.1. The van der Waals surface area contributed by atoms with Gasteiger partial charge in [-0.1, -0.05) is 0 Å². The van der Waals surface area contributed by atoms with Crippen LogP contribution in [0.5, 0.6) is 0 Å². The fourth-order valence-corrected chi connectivity index (χ4v) is 2.15. The Labute approximate surface area is 115 Å². The van der Waals surface area contributed by atoms with Gasteiger partial charge < -0.3 is 15.0 Å². The topological polar surface area (TPSA) is 84.2 Å². The summed E-state index contributed by atoms with van der Waals surface area (Å²) in [4.78, 5) is 27.2. The number of rotatable bonds is 4. The number of fused-ring (bicyclic) bond motifs is 1. The molecule has 1 saturated carbocycles. The molecular formula is C14H15N3O3. The number of hydrogen-bond donors (Lipinski definition) is 2. The summed E-state index contributed by atoms with van der Waals surface area (Å²) in [5.41, 5.74) is 1.53. The third-order valence-corrected chi connectivity index (χ3v) is 3.54. The molecule has 1 heterocycles. The van der Waals surface area contributed by atoms with Crippen LogP contribution in [0.1, 0.15) is 36.2 Å². The largest absolute Gasteiger partial charge is 0.478 e. The van der Waals surface area contributed by atoms with Crippen LogP contribution in [0.25, 0.3) is 11.0 Å². The van der Waals surface area contributed by atoms with Crippen LogP contribution >= 0.6 is 0 Å². The molecule has 1 unspecified atom stereocenters. The molecule has 0 radical (unpaired) electrons. The number of nitrogens with zero attached hydrogens (tertiary/aromatic N) is 2. The molecule has 0 aliphatic heterocycles. The zero-order valence-electron chi connectivity index (χ0n) is 11.0. The van der Waals surface area contributed by atoms with Gasteiger partial charge in [-0.15, -0.1) is 0 Å². The molecular weight excluding hydrogens is 258 g/mol. The van der Waals surface area contributed by atoms with Crippen LogP contribution in [0.4, 0.5) is 0 Å². The number of imidazole rings is 1. The van der Waals surface area contributed by atoms with Gasteiger partial charge in [0, 0.05) is 6.04 Å². The average Bonchev–Trinajstić information content (AvgIpc) is 3.14. The highest BCUT2D eigenvalue weighted by molar-refractivity contribution is 5.93. The highest BCUT2D eigenvalue weighted by Gasteiger charge is 2.26. The Morgan fingerprint density at radius 3 is 2.85 bits per heavy atom. The van der Waals surface area contributed by atoms with Crippen molar-refractivity contribution < 1.29 is 14.7 Å². The van der Waals surface area contributed by atoms with Gasteiger partial charge in [-0.2, -0.15) is 0 Å². The Balaban J connectivity index is 1.91. The molecule has 1 atom stereocenters. The van der Waals surface area contributed by atoms with Gasteiger partial charge in [-0.25, -0.2) is 9.78 Å². The molecule has 104 valence electrons. The first kappa shape index (κ1) is 12.7. The van der Waals surface area contributed by atoms with Crippen molar-refractivity contribution >= 4 is 22.9 Å². The van der Waals surface area contributed by atoms with Gasteiger partial charge in [0.1, 0.15) is 6.04 Å². The SMILES string of the molecule is CC(C(=O)NC1CC1)n1cnc2cc(C(=O)O)ccc21. The molecule has 1 aromatic carbocycles. The van der Waals surface area contributed by atoms with Gasteiger partial charge in [0.15, 0.2) is 0 Å². The molecule has 1 aliphatic carbocycles. The highest BCUT2D eigenvalue weighted by Crippen LogP contribution is 2.22. The second-order valence-electron chi connectivity index (χ2n) is 5.12. The molecule has 3 rings (SSSR count). The van der Waals surface area contributed by atoms with Crippen LogP contribution in [-0.2, 0) is 4.79 Å². The number of amides is 1. The molecule has 20 heavy (non-hydrogen) atoms. The molecule has 0 spiro atoms. The lowest BCUT2D eigenvalue weighted by Gasteiger charge is -2.14. The van der Waals surface area contributed by atoms with Crippen molar-refractivity contribution in [2.24, 2.45) is 0 Å². The van der Waals surface area contributed by atoms with Crippen LogP contribution in [0.15, 0.2) is 24.5 Å². The fraction of sp³-hybridized carbons (Fsp3) is 0.357. The number of hydrogen-bond acceptors (Lipinski definition) is 3. The smallest absolute Gasteiger partial charge is 0.335 e. The van der Waals surface area contributed by atoms with Gasteiger partial charge >= 0.3 is 5.97 Å². The van der Waals surface area contributed by atoms with Crippen molar-refractivity contribution in [2.45, 2.75) is 31.8 Å². The summed E-state index contributed by atoms with van der Waals surface area (Å²) in [5, 5.41) is 11.9. The molecule has 6 nitrogen and oxygen atoms in total. The molecule has 0 saturated heterocycles. The minimum Gasteiger partial charge on any atom is -0.478 e. The third-order valence-electron chi connectivity index (χ3n) is 3.54. The molecule has 2 aromatic rings. The van der Waals surface area contributed by atoms with Gasteiger partial charge in [-0.05, 0) is 38.0 Å². The zero-order chi connectivity index (χ0) is 14.3. The van der Waals surface area contributed by atoms with Crippen LogP contribution < -0.4 is 5.32 Å². The van der Waals surface area contributed by atoms with Crippen molar-refractivity contribution in [3.63, 3.8) is 0 Å². The number of nitrogens with one attached hydrogen (secondary N) is 1. The van der Waals surface area contributed by atoms with E-state index in [0.717, 1.165) is 18.4 Å². The monoisotopic (exact) mass is 273 g/mol. The molecule has 1 aliphatic rings. The van der Waals surface area contributed by atoms with E-state index in [-0.39, 0.29) is 17.5 Å². The van der Waals surface area contributed by atoms with Crippen LogP contribution in [0.2, 0.25) is 0 Å². The van der Waals surface area contributed by atoms with Crippen molar-refractivity contribution in [1.82, 2.24) is 14.9 Å². The molecule has 6 heteroatoms. The first-order chi connectivity index (χ1) is 9.56. The summed E-state index contributed by atoms with van der Waals surface area (Å²) in [6.45, 7) is 1.81. The standard InChI is InChI=1S/C14H15N3O3/c1-8(13(18)16-10-3-4-10)17-7-15-11-6-9(14(19)20)2-5-12(11)17/h2,5-8,10H,3-4H2,1H3,(H,16,18)(H,19,20). The van der Waals surface area contributed by atoms with Gasteiger partial charge in [-0.3, -0.25) is 4.79 Å². The van der Waals surface area contributed by atoms with E-state index in [1.807, 2.05) is 6.92 Å². The lowest BCUT2D eigenvalue weighted by Crippen LogP contribution is -2.32. The molecule has 1 amide bonds. The summed E-state index contributed by atoms with van der Waals surface area (Å²) in [5.74, 6) is -1.02. The molecule has 1 aromatic heterocycles. The van der Waals surface area contributed by atoms with Crippen molar-refractivity contribution in [1.29, 1.82) is 0 Å². The minimum absolute atomic E-state index is 0.0332. The Hall–Kier alpha value is -2.37. The maximum Gasteiger partial charge on any atom is 0.335 e. The number of carboxylic acids is 1. The first-order valence-electron chi connectivity index (χ1n) is 6.56. The second-order valence-corrected chi connectivity index (χ2v) is 5.12. The van der Waals surface area contributed by atoms with Gasteiger partial charge in [0.25, 0.3) is 0 Å². The molecule has 1 fully saturated rings. The molecule has 0 bridgehead atoms. The number of carboxylic acid groups (broad SMARTS) is 1. The Morgan fingerprint density at radius 2 is 2.20 bits per heavy atom. The summed E-state index contributed by atoms with van der Waals surface area (Å²) >= 11 is 0. The van der Waals surface area contributed by atoms with E-state index in [9.17, 15) is 9.59 Å². The van der Waals surface area contributed by atoms with Gasteiger partial charge in [0.2, 0.25) is 5.91 Å². The number of aromatic carboxylic acids is 1. The average molecular weight is 273 g/mol. The van der Waals surface area contributed by atoms with E-state index in [0.29, 0.717) is 11.6 Å². The predicted octanol–water partition coefficient (Wildman–Crippen LogP) is 1.57. The highest BCUT2D eigenvalue weighted by atomic mass is 16.4. The van der Waals surface area contributed by atoms with E-state index >= 15 is 0 Å². The normalized spacial score (nSPS) is 16.1. The Bertz CT molecular complexity index is 688. The first-order valence-corrected chi connectivity index (χ1v) is 6.56. The maximum atomic E-state index is 12.1. The summed E-state index contributed by atoms with van der Waals surface area (Å²) in [6, 6.07) is 4.68. The molecule has 2 N–H and O–H groups in total. The predicted molar refractivity (Wildman–Crippen MR) is 72.6 cm³/mol. The Morgan fingerprint density at radius 1 is 1.45 bits per heavy atom. The Kier molecular flexibility index (Phi) is 2.93. The van der Waals surface area contributed by atoms with E-state index in [1.165, 1.54) is 12.1 Å². The van der Waals surface area contributed by atoms with Crippen molar-refractivity contribution in [3.8, 4) is 0 Å². The zero-order valence-corrected chi connectivity index (χ0v) is 11.0. The van der Waals surface area contributed by atoms with E-state index in [4.69, 9.17) is 5.11 Å². The number of benzene rings is 1. The number of carbonyl (C=O) groups excluding carboxylic acids is 1. The number of carbonyl (C=O) groups is 2. The lowest BCUT2D eigenvalue weighted by molar-refractivity contribution is -0.123. The van der Waals surface area contributed by atoms with Crippen LogP contribution in [0, 0.1) is 0 Å². The van der Waals surface area contributed by atoms with Crippen molar-refractivity contribution in [2.75, 3.05) is 0 Å². The summed E-state index contributed by atoms with van der Waals surface area (Å²) in [6.07, 6.45) is 3.67. The van der Waals surface area contributed by atoms with Gasteiger partial charge in [0.05, 0.1) is 22.9 Å². The van der Waals surface area contributed by atoms with Crippen molar-refractivity contribution in [3.05, 3.63) is 30.1 Å². The minimum atomic E-state index is -0.985. The number of aromatic nitrogens is 2. The van der Waals surface area contributed by atoms with E-state index in [2.05, 4.69) is 10.3 Å². The fourth-order valence-electron chi connectivity index (χ4n) is 2.15. The lowest BCUT2D eigenvalue weighted by atomic mass is 10.2. The summed E-state index contributed by atoms with van der Waals surface area (Å²) < 4.78 is 1.76. The third kappa shape index (κ3) is 2.24. The van der Waals surface area contributed by atoms with E-state index < -0.39 is 5.97 Å². The van der Waals surface area contributed by atoms with Crippen LogP contribution in [0.3, 0.4) is 0 Å². The summed E-state index contributed by atoms with van der Waals surface area (Å²) in [7, 11) is 0. The van der Waals surface area contributed by atoms with E-state index in [1.54, 1.807) is 17.0 Å².